The third-order valence-electron chi connectivity index (χ3n) is 3.94. The molecule has 1 aliphatic rings. The van der Waals surface area contributed by atoms with Gasteiger partial charge in [0.15, 0.2) is 0 Å². The van der Waals surface area contributed by atoms with Crippen molar-refractivity contribution in [2.45, 2.75) is 25.7 Å². The van der Waals surface area contributed by atoms with Crippen LogP contribution in [0, 0.1) is 11.2 Å². The average molecular weight is 223 g/mol. The molecule has 16 heavy (non-hydrogen) atoms. The van der Waals surface area contributed by atoms with Crippen LogP contribution >= 0.6 is 0 Å². The molecule has 2 nitrogen and oxygen atoms in total. The highest BCUT2D eigenvalue weighted by Gasteiger charge is 2.62. The minimum atomic E-state index is -0.272. The van der Waals surface area contributed by atoms with Crippen LogP contribution in [0.1, 0.15) is 25.8 Å². The maximum absolute atomic E-state index is 13.1. The molecule has 1 aromatic rings. The Bertz CT molecular complexity index is 416. The topological polar surface area (TPSA) is 35.2 Å². The minimum Gasteiger partial charge on any atom is -0.496 e. The number of rotatable bonds is 3. The molecule has 0 spiro atoms. The largest absolute Gasteiger partial charge is 0.496 e. The average Bonchev–Trinajstić information content (AvgIpc) is 2.82. The van der Waals surface area contributed by atoms with E-state index < -0.39 is 0 Å². The Labute approximate surface area is 95.6 Å². The summed E-state index contributed by atoms with van der Waals surface area (Å²) < 4.78 is 18.4. The first-order valence-electron chi connectivity index (χ1n) is 5.51. The first-order chi connectivity index (χ1) is 7.47. The molecule has 0 heterocycles. The van der Waals surface area contributed by atoms with E-state index >= 15 is 0 Å². The summed E-state index contributed by atoms with van der Waals surface area (Å²) in [6.07, 6.45) is 1.03. The molecule has 1 atom stereocenters. The fourth-order valence-corrected chi connectivity index (χ4v) is 2.69. The van der Waals surface area contributed by atoms with Gasteiger partial charge in [0, 0.05) is 23.6 Å². The van der Waals surface area contributed by atoms with Gasteiger partial charge in [-0.2, -0.15) is 0 Å². The molecule has 1 unspecified atom stereocenters. The smallest absolute Gasteiger partial charge is 0.126 e. The molecular weight excluding hydrogens is 205 g/mol. The number of hydrogen-bond donors (Lipinski definition) is 1. The number of benzene rings is 1. The summed E-state index contributed by atoms with van der Waals surface area (Å²) in [5.41, 5.74) is 7.04. The molecule has 88 valence electrons. The summed E-state index contributed by atoms with van der Waals surface area (Å²) in [5, 5.41) is 0. The predicted molar refractivity (Wildman–Crippen MR) is 62.1 cm³/mol. The number of nitrogens with two attached hydrogens (primary N) is 1. The van der Waals surface area contributed by atoms with Gasteiger partial charge in [0.2, 0.25) is 0 Å². The van der Waals surface area contributed by atoms with Crippen molar-refractivity contribution in [2.75, 3.05) is 13.7 Å². The highest BCUT2D eigenvalue weighted by Crippen LogP contribution is 2.65. The van der Waals surface area contributed by atoms with Crippen LogP contribution < -0.4 is 10.5 Å². The minimum absolute atomic E-state index is 0.0496. The Kier molecular flexibility index (Phi) is 2.46. The van der Waals surface area contributed by atoms with Crippen molar-refractivity contribution < 1.29 is 9.13 Å². The van der Waals surface area contributed by atoms with Crippen molar-refractivity contribution in [3.05, 3.63) is 29.6 Å². The van der Waals surface area contributed by atoms with Crippen LogP contribution in [0.15, 0.2) is 18.2 Å². The van der Waals surface area contributed by atoms with Gasteiger partial charge in [-0.1, -0.05) is 19.9 Å². The molecule has 0 amide bonds. The molecule has 1 fully saturated rings. The van der Waals surface area contributed by atoms with Crippen LogP contribution in [-0.4, -0.2) is 13.7 Å². The zero-order chi connectivity index (χ0) is 12.0. The van der Waals surface area contributed by atoms with Crippen LogP contribution in [0.5, 0.6) is 5.75 Å². The lowest BCUT2D eigenvalue weighted by Crippen LogP contribution is -2.26. The van der Waals surface area contributed by atoms with E-state index in [-0.39, 0.29) is 16.6 Å². The molecule has 0 bridgehead atoms. The van der Waals surface area contributed by atoms with Gasteiger partial charge in [0.25, 0.3) is 0 Å². The zero-order valence-corrected chi connectivity index (χ0v) is 10.0. The van der Waals surface area contributed by atoms with Crippen molar-refractivity contribution >= 4 is 0 Å². The Hall–Kier alpha value is -1.09. The van der Waals surface area contributed by atoms with E-state index in [1.807, 2.05) is 0 Å². The summed E-state index contributed by atoms with van der Waals surface area (Å²) in [4.78, 5) is 0. The second-order valence-corrected chi connectivity index (χ2v) is 5.19. The van der Waals surface area contributed by atoms with E-state index in [0.717, 1.165) is 12.0 Å². The standard InChI is InChI=1S/C13H18FNO/c1-12(2)7-13(12,8-15)10-5-4-9(14)6-11(10)16-3/h4-6H,7-8,15H2,1-3H3. The molecule has 2 N–H and O–H groups in total. The summed E-state index contributed by atoms with van der Waals surface area (Å²) in [5.74, 6) is 0.335. The van der Waals surface area contributed by atoms with Gasteiger partial charge in [-0.05, 0) is 17.9 Å². The van der Waals surface area contributed by atoms with E-state index in [2.05, 4.69) is 13.8 Å². The zero-order valence-electron chi connectivity index (χ0n) is 10.0. The SMILES string of the molecule is COc1cc(F)ccc1C1(CN)CC1(C)C. The van der Waals surface area contributed by atoms with Crippen LogP contribution in [-0.2, 0) is 5.41 Å². The maximum atomic E-state index is 13.1. The van der Waals surface area contributed by atoms with Gasteiger partial charge >= 0.3 is 0 Å². The van der Waals surface area contributed by atoms with Gasteiger partial charge in [0.1, 0.15) is 11.6 Å². The highest BCUT2D eigenvalue weighted by atomic mass is 19.1. The monoisotopic (exact) mass is 223 g/mol. The summed E-state index contributed by atoms with van der Waals surface area (Å²) in [6.45, 7) is 4.94. The molecule has 2 rings (SSSR count). The molecule has 0 aromatic heterocycles. The Balaban J connectivity index is 2.48. The van der Waals surface area contributed by atoms with Crippen molar-refractivity contribution in [3.63, 3.8) is 0 Å². The fourth-order valence-electron chi connectivity index (χ4n) is 2.69. The van der Waals surface area contributed by atoms with Gasteiger partial charge < -0.3 is 10.5 Å². The maximum Gasteiger partial charge on any atom is 0.126 e. The van der Waals surface area contributed by atoms with Crippen LogP contribution in [0.4, 0.5) is 4.39 Å². The van der Waals surface area contributed by atoms with Gasteiger partial charge in [-0.25, -0.2) is 4.39 Å². The summed E-state index contributed by atoms with van der Waals surface area (Å²) >= 11 is 0. The summed E-state index contributed by atoms with van der Waals surface area (Å²) in [6, 6.07) is 4.71. The normalized spacial score (nSPS) is 26.6. The van der Waals surface area contributed by atoms with Crippen LogP contribution in [0.3, 0.4) is 0 Å². The lowest BCUT2D eigenvalue weighted by molar-refractivity contribution is 0.391. The lowest BCUT2D eigenvalue weighted by atomic mass is 9.87. The Morgan fingerprint density at radius 2 is 2.06 bits per heavy atom. The van der Waals surface area contributed by atoms with Crippen molar-refractivity contribution in [3.8, 4) is 5.75 Å². The first kappa shape index (κ1) is 11.4. The number of hydrogen-bond acceptors (Lipinski definition) is 2. The van der Waals surface area contributed by atoms with Crippen LogP contribution in [0.2, 0.25) is 0 Å². The third kappa shape index (κ3) is 1.42. The van der Waals surface area contributed by atoms with E-state index in [4.69, 9.17) is 10.5 Å². The Morgan fingerprint density at radius 3 is 2.50 bits per heavy atom. The molecule has 0 aliphatic heterocycles. The predicted octanol–water partition coefficient (Wildman–Crippen LogP) is 2.46. The molecule has 0 saturated heterocycles. The molecular formula is C13H18FNO. The van der Waals surface area contributed by atoms with Gasteiger partial charge in [-0.3, -0.25) is 0 Å². The van der Waals surface area contributed by atoms with Crippen LogP contribution in [0.25, 0.3) is 0 Å². The number of ether oxygens (including phenoxy) is 1. The van der Waals surface area contributed by atoms with Gasteiger partial charge in [0.05, 0.1) is 7.11 Å². The third-order valence-corrected chi connectivity index (χ3v) is 3.94. The van der Waals surface area contributed by atoms with E-state index in [0.29, 0.717) is 12.3 Å². The molecule has 0 radical (unpaired) electrons. The van der Waals surface area contributed by atoms with Crippen molar-refractivity contribution in [1.82, 2.24) is 0 Å². The number of halogens is 1. The highest BCUT2D eigenvalue weighted by molar-refractivity contribution is 5.47. The quantitative estimate of drug-likeness (QED) is 0.854. The first-order valence-corrected chi connectivity index (χ1v) is 5.51. The molecule has 1 aliphatic carbocycles. The Morgan fingerprint density at radius 1 is 1.44 bits per heavy atom. The van der Waals surface area contributed by atoms with E-state index in [1.165, 1.54) is 12.1 Å². The molecule has 1 aromatic carbocycles. The second kappa shape index (κ2) is 3.45. The van der Waals surface area contributed by atoms with Crippen molar-refractivity contribution in [1.29, 1.82) is 0 Å². The lowest BCUT2D eigenvalue weighted by Gasteiger charge is -2.21. The van der Waals surface area contributed by atoms with E-state index in [9.17, 15) is 4.39 Å². The summed E-state index contributed by atoms with van der Waals surface area (Å²) in [7, 11) is 1.57. The van der Waals surface area contributed by atoms with E-state index in [1.54, 1.807) is 13.2 Å². The number of methoxy groups -OCH3 is 1. The second-order valence-electron chi connectivity index (χ2n) is 5.19. The fraction of sp³-hybridized carbons (Fsp3) is 0.538. The van der Waals surface area contributed by atoms with Crippen molar-refractivity contribution in [2.24, 2.45) is 11.1 Å². The van der Waals surface area contributed by atoms with Gasteiger partial charge in [-0.15, -0.1) is 0 Å². The molecule has 3 heteroatoms. The molecule has 1 saturated carbocycles.